The van der Waals surface area contributed by atoms with Crippen LogP contribution in [-0.2, 0) is 25.4 Å². The van der Waals surface area contributed by atoms with Crippen LogP contribution in [0.3, 0.4) is 0 Å². The van der Waals surface area contributed by atoms with Gasteiger partial charge in [0.25, 0.3) is 0 Å². The number of carbonyl (C=O) groups excluding carboxylic acids is 2. The fraction of sp³-hybridized carbons (Fsp3) is 0.600. The molecule has 0 aliphatic carbocycles. The van der Waals surface area contributed by atoms with E-state index in [4.69, 9.17) is 23.7 Å². The highest BCUT2D eigenvalue weighted by molar-refractivity contribution is 5.86. The van der Waals surface area contributed by atoms with Gasteiger partial charge in [-0.1, -0.05) is 6.07 Å². The first-order valence-corrected chi connectivity index (χ1v) is 8.81. The van der Waals surface area contributed by atoms with Crippen molar-refractivity contribution in [3.05, 3.63) is 23.8 Å². The molecule has 28 heavy (non-hydrogen) atoms. The maximum absolute atomic E-state index is 12.8. The Hall–Kier alpha value is -2.48. The molecule has 0 saturated carbocycles. The van der Waals surface area contributed by atoms with Gasteiger partial charge < -0.3 is 23.7 Å². The van der Waals surface area contributed by atoms with Gasteiger partial charge in [0.05, 0.1) is 21.3 Å². The van der Waals surface area contributed by atoms with E-state index >= 15 is 0 Å². The first-order valence-electron chi connectivity index (χ1n) is 8.81. The molecule has 1 aromatic rings. The van der Waals surface area contributed by atoms with E-state index in [0.717, 1.165) is 5.56 Å². The molecule has 0 unspecified atom stereocenters. The van der Waals surface area contributed by atoms with Crippen LogP contribution in [0.5, 0.6) is 11.5 Å². The molecule has 8 nitrogen and oxygen atoms in total. The standard InChI is InChI=1S/C20H31NO7/c1-19(2,3)28-18(23)21(13-24-5)20(4,17(22)27-8)12-14-9-10-15(25-6)16(11-14)26-7/h9-11H,12-13H2,1-8H3/t20-/m0/s1. The topological polar surface area (TPSA) is 83.5 Å². The SMILES string of the molecule is COCN(C(=O)OC(C)(C)C)[C@@](C)(Cc1ccc(OC)c(OC)c1)C(=O)OC. The average molecular weight is 397 g/mol. The minimum atomic E-state index is -1.37. The zero-order valence-electron chi connectivity index (χ0n) is 18.0. The van der Waals surface area contributed by atoms with Crippen LogP contribution in [0.25, 0.3) is 0 Å². The number of amides is 1. The van der Waals surface area contributed by atoms with Gasteiger partial charge in [0.2, 0.25) is 0 Å². The van der Waals surface area contributed by atoms with Gasteiger partial charge in [0.1, 0.15) is 17.9 Å². The van der Waals surface area contributed by atoms with Crippen molar-refractivity contribution in [1.29, 1.82) is 0 Å². The number of methoxy groups -OCH3 is 4. The maximum Gasteiger partial charge on any atom is 0.413 e. The van der Waals surface area contributed by atoms with Gasteiger partial charge in [0, 0.05) is 13.5 Å². The largest absolute Gasteiger partial charge is 0.493 e. The Morgan fingerprint density at radius 1 is 0.964 bits per heavy atom. The molecule has 0 spiro atoms. The van der Waals surface area contributed by atoms with Crippen LogP contribution >= 0.6 is 0 Å². The van der Waals surface area contributed by atoms with E-state index in [0.29, 0.717) is 11.5 Å². The molecule has 8 heteroatoms. The van der Waals surface area contributed by atoms with Gasteiger partial charge in [-0.05, 0) is 45.4 Å². The molecular formula is C20H31NO7. The van der Waals surface area contributed by atoms with Gasteiger partial charge >= 0.3 is 12.1 Å². The summed E-state index contributed by atoms with van der Waals surface area (Å²) in [5.41, 5.74) is -1.36. The molecule has 0 saturated heterocycles. The zero-order valence-corrected chi connectivity index (χ0v) is 18.0. The summed E-state index contributed by atoms with van der Waals surface area (Å²) in [6.07, 6.45) is -0.523. The predicted molar refractivity (Wildman–Crippen MR) is 104 cm³/mol. The molecule has 1 atom stereocenters. The molecule has 0 aliphatic heterocycles. The van der Waals surface area contributed by atoms with Gasteiger partial charge in [-0.25, -0.2) is 9.59 Å². The minimum Gasteiger partial charge on any atom is -0.493 e. The maximum atomic E-state index is 12.8. The Morgan fingerprint density at radius 2 is 1.57 bits per heavy atom. The van der Waals surface area contributed by atoms with Crippen molar-refractivity contribution >= 4 is 12.1 Å². The molecule has 1 aromatic carbocycles. The van der Waals surface area contributed by atoms with Crippen LogP contribution in [0.15, 0.2) is 18.2 Å². The number of esters is 1. The molecular weight excluding hydrogens is 366 g/mol. The van der Waals surface area contributed by atoms with E-state index < -0.39 is 23.2 Å². The molecule has 1 rings (SSSR count). The third kappa shape index (κ3) is 5.76. The highest BCUT2D eigenvalue weighted by Gasteiger charge is 2.45. The molecule has 0 N–H and O–H groups in total. The monoisotopic (exact) mass is 397 g/mol. The van der Waals surface area contributed by atoms with Crippen molar-refractivity contribution in [2.75, 3.05) is 35.2 Å². The quantitative estimate of drug-likeness (QED) is 0.492. The second-order valence-electron chi connectivity index (χ2n) is 7.46. The Bertz CT molecular complexity index is 684. The van der Waals surface area contributed by atoms with Gasteiger partial charge in [-0.15, -0.1) is 0 Å². The normalized spacial score (nSPS) is 13.3. The van der Waals surface area contributed by atoms with Crippen LogP contribution < -0.4 is 9.47 Å². The van der Waals surface area contributed by atoms with E-state index in [2.05, 4.69) is 0 Å². The third-order valence-corrected chi connectivity index (χ3v) is 4.09. The van der Waals surface area contributed by atoms with Crippen LogP contribution in [0.1, 0.15) is 33.3 Å². The number of hydrogen-bond donors (Lipinski definition) is 0. The minimum absolute atomic E-state index is 0.145. The third-order valence-electron chi connectivity index (χ3n) is 4.09. The smallest absolute Gasteiger partial charge is 0.413 e. The lowest BCUT2D eigenvalue weighted by Crippen LogP contribution is -2.58. The molecule has 0 aromatic heterocycles. The van der Waals surface area contributed by atoms with E-state index in [1.807, 2.05) is 0 Å². The summed E-state index contributed by atoms with van der Waals surface area (Å²) in [6.45, 7) is 6.71. The van der Waals surface area contributed by atoms with Crippen molar-refractivity contribution in [3.63, 3.8) is 0 Å². The van der Waals surface area contributed by atoms with Crippen molar-refractivity contribution < 1.29 is 33.3 Å². The van der Waals surface area contributed by atoms with Gasteiger partial charge in [-0.2, -0.15) is 0 Å². The lowest BCUT2D eigenvalue weighted by atomic mass is 9.91. The molecule has 0 aliphatic rings. The summed E-state index contributed by atoms with van der Waals surface area (Å²) in [7, 11) is 5.78. The summed E-state index contributed by atoms with van der Waals surface area (Å²) >= 11 is 0. The van der Waals surface area contributed by atoms with E-state index in [-0.39, 0.29) is 13.2 Å². The number of nitrogens with zero attached hydrogens (tertiary/aromatic N) is 1. The number of hydrogen-bond acceptors (Lipinski definition) is 7. The molecule has 0 radical (unpaired) electrons. The average Bonchev–Trinajstić information content (AvgIpc) is 2.63. The second-order valence-corrected chi connectivity index (χ2v) is 7.46. The van der Waals surface area contributed by atoms with E-state index in [9.17, 15) is 9.59 Å². The van der Waals surface area contributed by atoms with E-state index in [1.165, 1.54) is 26.2 Å². The number of benzene rings is 1. The van der Waals surface area contributed by atoms with E-state index in [1.54, 1.807) is 53.0 Å². The summed E-state index contributed by atoms with van der Waals surface area (Å²) in [6, 6.07) is 5.28. The Morgan fingerprint density at radius 3 is 2.04 bits per heavy atom. The Balaban J connectivity index is 3.35. The number of rotatable bonds is 8. The summed E-state index contributed by atoms with van der Waals surface area (Å²) in [4.78, 5) is 26.7. The van der Waals surface area contributed by atoms with Crippen molar-refractivity contribution in [1.82, 2.24) is 4.90 Å². The van der Waals surface area contributed by atoms with Crippen LogP contribution in [0.4, 0.5) is 4.79 Å². The number of carbonyl (C=O) groups is 2. The van der Waals surface area contributed by atoms with Crippen LogP contribution in [-0.4, -0.2) is 63.3 Å². The van der Waals surface area contributed by atoms with Crippen molar-refractivity contribution in [3.8, 4) is 11.5 Å². The molecule has 1 amide bonds. The molecule has 0 heterocycles. The predicted octanol–water partition coefficient (Wildman–Crippen LogP) is 3.02. The lowest BCUT2D eigenvalue weighted by Gasteiger charge is -2.39. The fourth-order valence-corrected chi connectivity index (χ4v) is 2.73. The Kier molecular flexibility index (Phi) is 8.11. The first kappa shape index (κ1) is 23.6. The van der Waals surface area contributed by atoms with Gasteiger partial charge in [-0.3, -0.25) is 4.90 Å². The second kappa shape index (κ2) is 9.64. The fourth-order valence-electron chi connectivity index (χ4n) is 2.73. The van der Waals surface area contributed by atoms with Crippen molar-refractivity contribution in [2.45, 2.75) is 45.3 Å². The summed E-state index contributed by atoms with van der Waals surface area (Å²) < 4.78 is 26.2. The van der Waals surface area contributed by atoms with Crippen LogP contribution in [0.2, 0.25) is 0 Å². The van der Waals surface area contributed by atoms with Crippen molar-refractivity contribution in [2.24, 2.45) is 0 Å². The first-order chi connectivity index (χ1) is 13.0. The molecule has 158 valence electrons. The highest BCUT2D eigenvalue weighted by Crippen LogP contribution is 2.31. The Labute approximate surface area is 166 Å². The number of ether oxygens (including phenoxy) is 5. The summed E-state index contributed by atoms with van der Waals surface area (Å²) in [5, 5.41) is 0. The highest BCUT2D eigenvalue weighted by atomic mass is 16.6. The van der Waals surface area contributed by atoms with Crippen LogP contribution in [0, 0.1) is 0 Å². The molecule has 0 bridgehead atoms. The molecule has 0 fully saturated rings. The zero-order chi connectivity index (χ0) is 21.5. The van der Waals surface area contributed by atoms with Gasteiger partial charge in [0.15, 0.2) is 11.5 Å². The summed E-state index contributed by atoms with van der Waals surface area (Å²) in [5.74, 6) is 0.486. The lowest BCUT2D eigenvalue weighted by molar-refractivity contribution is -0.157.